The predicted octanol–water partition coefficient (Wildman–Crippen LogP) is 0.798. The maximum absolute atomic E-state index is 12.2. The van der Waals surface area contributed by atoms with Crippen molar-refractivity contribution in [2.75, 3.05) is 13.7 Å². The number of rotatable bonds is 6. The van der Waals surface area contributed by atoms with E-state index in [9.17, 15) is 8.78 Å². The van der Waals surface area contributed by atoms with Gasteiger partial charge in [-0.1, -0.05) is 5.21 Å². The summed E-state index contributed by atoms with van der Waals surface area (Å²) in [6.07, 6.45) is -1.99. The third-order valence-electron chi connectivity index (χ3n) is 2.02. The number of halogens is 2. The summed E-state index contributed by atoms with van der Waals surface area (Å²) in [5.74, 6) is 0. The molecule has 0 saturated carbocycles. The molecular weight excluding hydrogens is 218 g/mol. The van der Waals surface area contributed by atoms with Crippen molar-refractivity contribution in [3.8, 4) is 6.07 Å². The number of methoxy groups -OCH3 is 1. The molecule has 0 atom stereocenters. The van der Waals surface area contributed by atoms with Crippen molar-refractivity contribution in [2.45, 2.75) is 25.8 Å². The van der Waals surface area contributed by atoms with E-state index in [2.05, 4.69) is 10.3 Å². The Labute approximate surface area is 91.6 Å². The second-order valence-electron chi connectivity index (χ2n) is 3.13. The predicted molar refractivity (Wildman–Crippen MR) is 50.9 cm³/mol. The van der Waals surface area contributed by atoms with Crippen molar-refractivity contribution in [1.29, 1.82) is 5.26 Å². The molecule has 88 valence electrons. The van der Waals surface area contributed by atoms with E-state index in [1.165, 1.54) is 7.11 Å². The first kappa shape index (κ1) is 12.5. The van der Waals surface area contributed by atoms with Gasteiger partial charge in [-0.2, -0.15) is 5.26 Å². The summed E-state index contributed by atoms with van der Waals surface area (Å²) in [4.78, 5) is 0. The Morgan fingerprint density at radius 2 is 2.31 bits per heavy atom. The Morgan fingerprint density at radius 1 is 1.56 bits per heavy atom. The molecule has 1 aromatic rings. The van der Waals surface area contributed by atoms with Gasteiger partial charge in [0.25, 0.3) is 6.43 Å². The zero-order chi connectivity index (χ0) is 12.0. The molecule has 0 spiro atoms. The fraction of sp³-hybridized carbons (Fsp3) is 0.667. The minimum Gasteiger partial charge on any atom is -0.384 e. The summed E-state index contributed by atoms with van der Waals surface area (Å²) >= 11 is 0. The number of nitrogens with zero attached hydrogens (tertiary/aromatic N) is 4. The Hall–Kier alpha value is -1.55. The summed E-state index contributed by atoms with van der Waals surface area (Å²) in [5.41, 5.74) is 0.990. The smallest absolute Gasteiger partial charge is 0.257 e. The molecule has 0 N–H and O–H groups in total. The minimum absolute atomic E-state index is 0.0717. The Kier molecular flexibility index (Phi) is 4.79. The van der Waals surface area contributed by atoms with Crippen molar-refractivity contribution >= 4 is 0 Å². The second kappa shape index (κ2) is 6.12. The molecule has 0 saturated heterocycles. The van der Waals surface area contributed by atoms with Crippen molar-refractivity contribution in [3.05, 3.63) is 11.4 Å². The van der Waals surface area contributed by atoms with Crippen LogP contribution in [0.4, 0.5) is 8.78 Å². The highest BCUT2D eigenvalue weighted by molar-refractivity contribution is 5.14. The summed E-state index contributed by atoms with van der Waals surface area (Å²) < 4.78 is 30.5. The van der Waals surface area contributed by atoms with Gasteiger partial charge in [-0.15, -0.1) is 5.10 Å². The van der Waals surface area contributed by atoms with Crippen molar-refractivity contribution in [3.63, 3.8) is 0 Å². The van der Waals surface area contributed by atoms with Gasteiger partial charge < -0.3 is 4.74 Å². The molecule has 0 aliphatic heterocycles. The van der Waals surface area contributed by atoms with E-state index in [1.807, 2.05) is 6.07 Å². The lowest BCUT2D eigenvalue weighted by Crippen LogP contribution is -2.13. The maximum Gasteiger partial charge on any atom is 0.257 e. The molecule has 0 radical (unpaired) electrons. The first-order valence-corrected chi connectivity index (χ1v) is 4.74. The van der Waals surface area contributed by atoms with Crippen LogP contribution in [0.5, 0.6) is 0 Å². The van der Waals surface area contributed by atoms with E-state index >= 15 is 0 Å². The Morgan fingerprint density at radius 3 is 2.88 bits per heavy atom. The molecule has 0 aliphatic rings. The first-order chi connectivity index (χ1) is 7.69. The van der Waals surface area contributed by atoms with Gasteiger partial charge in [-0.25, -0.2) is 13.5 Å². The molecule has 1 aromatic heterocycles. The molecule has 7 heteroatoms. The van der Waals surface area contributed by atoms with E-state index in [1.54, 1.807) is 0 Å². The summed E-state index contributed by atoms with van der Waals surface area (Å²) in [6, 6.07) is 1.92. The van der Waals surface area contributed by atoms with E-state index in [-0.39, 0.29) is 6.42 Å². The Balaban J connectivity index is 2.85. The Bertz CT molecular complexity index is 372. The molecule has 16 heavy (non-hydrogen) atoms. The standard InChI is InChI=1S/C9H12F2N4O/c1-16-5-3-8-7(2-4-12)13-14-15(8)6-9(10)11/h9H,2-3,5-6H2,1H3. The van der Waals surface area contributed by atoms with Crippen LogP contribution in [0.1, 0.15) is 11.4 Å². The van der Waals surface area contributed by atoms with Gasteiger partial charge >= 0.3 is 0 Å². The molecular formula is C9H12F2N4O. The van der Waals surface area contributed by atoms with Crippen LogP contribution in [0.3, 0.4) is 0 Å². The lowest BCUT2D eigenvalue weighted by molar-refractivity contribution is 0.118. The molecule has 0 amide bonds. The number of aromatic nitrogens is 3. The summed E-state index contributed by atoms with van der Waals surface area (Å²) in [5, 5.41) is 15.9. The lowest BCUT2D eigenvalue weighted by Gasteiger charge is -2.05. The number of ether oxygens (including phenoxy) is 1. The van der Waals surface area contributed by atoms with Crippen LogP contribution >= 0.6 is 0 Å². The molecule has 1 rings (SSSR count). The molecule has 0 aromatic carbocycles. The van der Waals surface area contributed by atoms with E-state index in [0.717, 1.165) is 4.68 Å². The summed E-state index contributed by atoms with van der Waals surface area (Å²) in [7, 11) is 1.52. The van der Waals surface area contributed by atoms with Gasteiger partial charge in [-0.3, -0.25) is 0 Å². The highest BCUT2D eigenvalue weighted by Gasteiger charge is 2.15. The van der Waals surface area contributed by atoms with Gasteiger partial charge in [0.05, 0.1) is 24.8 Å². The van der Waals surface area contributed by atoms with E-state index in [0.29, 0.717) is 24.4 Å². The number of alkyl halides is 2. The van der Waals surface area contributed by atoms with Gasteiger partial charge in [0, 0.05) is 13.5 Å². The fourth-order valence-electron chi connectivity index (χ4n) is 1.33. The van der Waals surface area contributed by atoms with E-state index in [4.69, 9.17) is 10.00 Å². The highest BCUT2D eigenvalue weighted by atomic mass is 19.3. The zero-order valence-electron chi connectivity index (χ0n) is 8.86. The highest BCUT2D eigenvalue weighted by Crippen LogP contribution is 2.09. The summed E-state index contributed by atoms with van der Waals surface area (Å²) in [6.45, 7) is -0.119. The number of hydrogen-bond donors (Lipinski definition) is 0. The fourth-order valence-corrected chi connectivity index (χ4v) is 1.33. The molecule has 0 aliphatic carbocycles. The third-order valence-corrected chi connectivity index (χ3v) is 2.02. The number of hydrogen-bond acceptors (Lipinski definition) is 4. The molecule has 1 heterocycles. The SMILES string of the molecule is COCCc1c(CC#N)nnn1CC(F)F. The number of nitriles is 1. The molecule has 0 unspecified atom stereocenters. The van der Waals surface area contributed by atoms with Crippen molar-refractivity contribution in [2.24, 2.45) is 0 Å². The normalized spacial score (nSPS) is 10.7. The van der Waals surface area contributed by atoms with Crippen LogP contribution in [0.2, 0.25) is 0 Å². The monoisotopic (exact) mass is 230 g/mol. The average molecular weight is 230 g/mol. The van der Waals surface area contributed by atoms with Gasteiger partial charge in [0.1, 0.15) is 12.2 Å². The zero-order valence-corrected chi connectivity index (χ0v) is 8.86. The van der Waals surface area contributed by atoms with E-state index < -0.39 is 13.0 Å². The molecule has 0 fully saturated rings. The van der Waals surface area contributed by atoms with Gasteiger partial charge in [0.15, 0.2) is 0 Å². The third kappa shape index (κ3) is 3.24. The minimum atomic E-state index is -2.49. The van der Waals surface area contributed by atoms with Crippen LogP contribution in [0, 0.1) is 11.3 Å². The largest absolute Gasteiger partial charge is 0.384 e. The first-order valence-electron chi connectivity index (χ1n) is 4.74. The second-order valence-corrected chi connectivity index (χ2v) is 3.13. The maximum atomic E-state index is 12.2. The van der Waals surface area contributed by atoms with Crippen molar-refractivity contribution in [1.82, 2.24) is 15.0 Å². The van der Waals surface area contributed by atoms with Crippen LogP contribution in [-0.2, 0) is 24.1 Å². The van der Waals surface area contributed by atoms with Crippen LogP contribution < -0.4 is 0 Å². The molecule has 5 nitrogen and oxygen atoms in total. The quantitative estimate of drug-likeness (QED) is 0.725. The average Bonchev–Trinajstić information content (AvgIpc) is 2.58. The van der Waals surface area contributed by atoms with Crippen LogP contribution in [-0.4, -0.2) is 35.1 Å². The molecule has 0 bridgehead atoms. The van der Waals surface area contributed by atoms with Crippen LogP contribution in [0.25, 0.3) is 0 Å². The van der Waals surface area contributed by atoms with Gasteiger partial charge in [0.2, 0.25) is 0 Å². The van der Waals surface area contributed by atoms with Crippen LogP contribution in [0.15, 0.2) is 0 Å². The topological polar surface area (TPSA) is 63.7 Å². The lowest BCUT2D eigenvalue weighted by atomic mass is 10.2. The van der Waals surface area contributed by atoms with Gasteiger partial charge in [-0.05, 0) is 0 Å². The van der Waals surface area contributed by atoms with Crippen molar-refractivity contribution < 1.29 is 13.5 Å².